The molecule has 2 aromatic carbocycles. The van der Waals surface area contributed by atoms with Crippen molar-refractivity contribution < 1.29 is 24.3 Å². The van der Waals surface area contributed by atoms with Crippen molar-refractivity contribution in [3.8, 4) is 5.69 Å². The van der Waals surface area contributed by atoms with E-state index in [1.807, 2.05) is 18.4 Å². The third-order valence-electron chi connectivity index (χ3n) is 5.73. The second-order valence-corrected chi connectivity index (χ2v) is 8.78. The van der Waals surface area contributed by atoms with Crippen molar-refractivity contribution in [1.82, 2.24) is 9.88 Å². The predicted molar refractivity (Wildman–Crippen MR) is 132 cm³/mol. The van der Waals surface area contributed by atoms with E-state index in [2.05, 4.69) is 5.32 Å². The van der Waals surface area contributed by atoms with Crippen molar-refractivity contribution in [2.75, 3.05) is 4.90 Å². The van der Waals surface area contributed by atoms with Crippen LogP contribution in [0.4, 0.5) is 10.5 Å². The highest BCUT2D eigenvalue weighted by Gasteiger charge is 2.38. The molecule has 0 bridgehead atoms. The Morgan fingerprint density at radius 3 is 2.37 bits per heavy atom. The summed E-state index contributed by atoms with van der Waals surface area (Å²) in [5, 5.41) is 11.6. The number of nitrogens with zero attached hydrogens (tertiary/aromatic N) is 2. The van der Waals surface area contributed by atoms with Crippen molar-refractivity contribution in [1.29, 1.82) is 0 Å². The van der Waals surface area contributed by atoms with E-state index in [4.69, 9.17) is 23.2 Å². The lowest BCUT2D eigenvalue weighted by molar-refractivity contribution is -0.122. The van der Waals surface area contributed by atoms with Gasteiger partial charge in [0, 0.05) is 17.1 Å². The van der Waals surface area contributed by atoms with Crippen LogP contribution in [0.15, 0.2) is 48.0 Å². The number of barbiturate groups is 1. The monoisotopic (exact) mass is 511 g/mol. The molecular weight excluding hydrogens is 493 g/mol. The number of anilines is 1. The van der Waals surface area contributed by atoms with Crippen molar-refractivity contribution in [2.24, 2.45) is 0 Å². The van der Waals surface area contributed by atoms with Gasteiger partial charge in [0.25, 0.3) is 11.8 Å². The number of aromatic carboxylic acids is 1. The average molecular weight is 512 g/mol. The first-order valence-corrected chi connectivity index (χ1v) is 11.2. The highest BCUT2D eigenvalue weighted by atomic mass is 35.5. The lowest BCUT2D eigenvalue weighted by atomic mass is 10.1. The standard InChI is InChI=1S/C25H19Cl2N3O5/c1-12-9-15(24(33)34)7-8-19(12)29-13(2)10-16(14(29)3)11-17-22(31)28-25(35)30(23(17)32)20-6-4-5-18(26)21(20)27/h4-11H,1-3H3,(H,33,34)(H,28,31,35)/b17-11+. The molecule has 4 rings (SSSR count). The second-order valence-electron chi connectivity index (χ2n) is 8.00. The highest BCUT2D eigenvalue weighted by molar-refractivity contribution is 6.46. The first-order valence-electron chi connectivity index (χ1n) is 10.4. The molecule has 1 aliphatic heterocycles. The van der Waals surface area contributed by atoms with Crippen LogP contribution in [-0.2, 0) is 9.59 Å². The molecule has 0 spiro atoms. The molecule has 1 aromatic heterocycles. The third kappa shape index (κ3) is 4.22. The van der Waals surface area contributed by atoms with E-state index in [1.165, 1.54) is 30.3 Å². The fraction of sp³-hybridized carbons (Fsp3) is 0.120. The Morgan fingerprint density at radius 1 is 1.00 bits per heavy atom. The van der Waals surface area contributed by atoms with Gasteiger partial charge in [-0.2, -0.15) is 0 Å². The number of carbonyl (C=O) groups excluding carboxylic acids is 3. The molecule has 4 amide bonds. The molecule has 1 aliphatic rings. The Labute approximate surface area is 210 Å². The SMILES string of the molecule is Cc1cc(C(=O)O)ccc1-n1c(C)cc(/C=C2\C(=O)NC(=O)N(c3cccc(Cl)c3Cl)C2=O)c1C. The van der Waals surface area contributed by atoms with Crippen LogP contribution in [0, 0.1) is 20.8 Å². The van der Waals surface area contributed by atoms with E-state index in [0.717, 1.165) is 21.8 Å². The summed E-state index contributed by atoms with van der Waals surface area (Å²) in [6, 6.07) is 10.2. The smallest absolute Gasteiger partial charge is 0.336 e. The molecule has 0 atom stereocenters. The molecule has 2 N–H and O–H groups in total. The van der Waals surface area contributed by atoms with Gasteiger partial charge in [0.15, 0.2) is 0 Å². The van der Waals surface area contributed by atoms with Crippen molar-refractivity contribution in [2.45, 2.75) is 20.8 Å². The molecule has 0 aliphatic carbocycles. The number of benzene rings is 2. The van der Waals surface area contributed by atoms with Crippen molar-refractivity contribution >= 4 is 58.8 Å². The van der Waals surface area contributed by atoms with E-state index >= 15 is 0 Å². The minimum atomic E-state index is -1.02. The minimum absolute atomic E-state index is 0.00447. The zero-order valence-electron chi connectivity index (χ0n) is 18.8. The molecule has 2 heterocycles. The molecule has 3 aromatic rings. The summed E-state index contributed by atoms with van der Waals surface area (Å²) in [4.78, 5) is 50.4. The zero-order valence-corrected chi connectivity index (χ0v) is 20.4. The highest BCUT2D eigenvalue weighted by Crippen LogP contribution is 2.34. The molecule has 35 heavy (non-hydrogen) atoms. The fourth-order valence-electron chi connectivity index (χ4n) is 4.04. The normalized spacial score (nSPS) is 15.1. The maximum atomic E-state index is 13.3. The van der Waals surface area contributed by atoms with Crippen LogP contribution in [0.2, 0.25) is 10.0 Å². The van der Waals surface area contributed by atoms with Crippen LogP contribution >= 0.6 is 23.2 Å². The molecule has 0 unspecified atom stereocenters. The number of carboxylic acids is 1. The number of halogens is 2. The average Bonchev–Trinajstić information content (AvgIpc) is 3.06. The second kappa shape index (κ2) is 9.05. The molecule has 0 saturated carbocycles. The fourth-order valence-corrected chi connectivity index (χ4v) is 4.42. The molecule has 10 heteroatoms. The van der Waals surface area contributed by atoms with Crippen LogP contribution in [0.3, 0.4) is 0 Å². The molecule has 8 nitrogen and oxygen atoms in total. The van der Waals surface area contributed by atoms with E-state index in [-0.39, 0.29) is 26.9 Å². The van der Waals surface area contributed by atoms with Crippen LogP contribution in [0.1, 0.15) is 32.9 Å². The van der Waals surface area contributed by atoms with E-state index in [1.54, 1.807) is 25.1 Å². The maximum absolute atomic E-state index is 13.3. The van der Waals surface area contributed by atoms with Gasteiger partial charge in [0.1, 0.15) is 5.57 Å². The van der Waals surface area contributed by atoms with Crippen LogP contribution in [-0.4, -0.2) is 33.5 Å². The minimum Gasteiger partial charge on any atom is -0.478 e. The number of nitrogens with one attached hydrogen (secondary N) is 1. The summed E-state index contributed by atoms with van der Waals surface area (Å²) >= 11 is 12.3. The quantitative estimate of drug-likeness (QED) is 0.375. The maximum Gasteiger partial charge on any atom is 0.336 e. The lowest BCUT2D eigenvalue weighted by Crippen LogP contribution is -2.54. The lowest BCUT2D eigenvalue weighted by Gasteiger charge is -2.27. The largest absolute Gasteiger partial charge is 0.478 e. The molecule has 1 saturated heterocycles. The Morgan fingerprint density at radius 2 is 1.71 bits per heavy atom. The number of aromatic nitrogens is 1. The topological polar surface area (TPSA) is 109 Å². The first kappa shape index (κ1) is 24.3. The number of hydrogen-bond acceptors (Lipinski definition) is 4. The number of carbonyl (C=O) groups is 4. The Hall–Kier alpha value is -3.88. The van der Waals surface area contributed by atoms with Gasteiger partial charge in [-0.15, -0.1) is 0 Å². The number of aryl methyl sites for hydroxylation is 2. The summed E-state index contributed by atoms with van der Waals surface area (Å²) in [5.41, 5.74) is 3.57. The summed E-state index contributed by atoms with van der Waals surface area (Å²) in [6.07, 6.45) is 1.41. The van der Waals surface area contributed by atoms with Gasteiger partial charge in [-0.05, 0) is 74.4 Å². The summed E-state index contributed by atoms with van der Waals surface area (Å²) in [5.74, 6) is -2.69. The number of rotatable bonds is 4. The van der Waals surface area contributed by atoms with Gasteiger partial charge in [-0.25, -0.2) is 14.5 Å². The predicted octanol–water partition coefficient (Wildman–Crippen LogP) is 5.07. The summed E-state index contributed by atoms with van der Waals surface area (Å²) in [7, 11) is 0. The van der Waals surface area contributed by atoms with Gasteiger partial charge in [-0.3, -0.25) is 14.9 Å². The Bertz CT molecular complexity index is 1470. The van der Waals surface area contributed by atoms with Crippen LogP contribution in [0.5, 0.6) is 0 Å². The zero-order chi connectivity index (χ0) is 25.6. The van der Waals surface area contributed by atoms with Gasteiger partial charge < -0.3 is 9.67 Å². The van der Waals surface area contributed by atoms with Gasteiger partial charge >= 0.3 is 12.0 Å². The van der Waals surface area contributed by atoms with Crippen LogP contribution < -0.4 is 10.2 Å². The van der Waals surface area contributed by atoms with Gasteiger partial charge in [-0.1, -0.05) is 29.3 Å². The molecule has 1 fully saturated rings. The number of carboxylic acid groups (broad SMARTS) is 1. The summed E-state index contributed by atoms with van der Waals surface area (Å²) < 4.78 is 1.90. The van der Waals surface area contributed by atoms with E-state index in [0.29, 0.717) is 11.3 Å². The number of hydrogen-bond donors (Lipinski definition) is 2. The van der Waals surface area contributed by atoms with E-state index < -0.39 is 23.8 Å². The Kier molecular flexibility index (Phi) is 6.27. The van der Waals surface area contributed by atoms with E-state index in [9.17, 15) is 24.3 Å². The van der Waals surface area contributed by atoms with Crippen LogP contribution in [0.25, 0.3) is 11.8 Å². The van der Waals surface area contributed by atoms with Crippen molar-refractivity contribution in [3.63, 3.8) is 0 Å². The number of amides is 4. The van der Waals surface area contributed by atoms with Gasteiger partial charge in [0.2, 0.25) is 0 Å². The number of imide groups is 2. The van der Waals surface area contributed by atoms with Crippen molar-refractivity contribution in [3.05, 3.63) is 86.2 Å². The summed E-state index contributed by atoms with van der Waals surface area (Å²) in [6.45, 7) is 5.46. The Balaban J connectivity index is 1.79. The first-order chi connectivity index (χ1) is 16.5. The van der Waals surface area contributed by atoms with Gasteiger partial charge in [0.05, 0.1) is 21.3 Å². The number of urea groups is 1. The third-order valence-corrected chi connectivity index (χ3v) is 6.54. The molecule has 178 valence electrons. The molecule has 0 radical (unpaired) electrons. The molecular formula is C25H19Cl2N3O5.